The maximum absolute atomic E-state index is 12.2. The van der Waals surface area contributed by atoms with Gasteiger partial charge in [-0.3, -0.25) is 19.7 Å². The number of para-hydroxylation sites is 2. The number of nitro benzene ring substituents is 1. The Labute approximate surface area is 144 Å². The molecule has 0 spiro atoms. The Kier molecular flexibility index (Phi) is 5.67. The third kappa shape index (κ3) is 5.03. The Balaban J connectivity index is 2.01. The first-order chi connectivity index (χ1) is 11.9. The molecule has 0 aliphatic heterocycles. The summed E-state index contributed by atoms with van der Waals surface area (Å²) < 4.78 is 5.41. The highest BCUT2D eigenvalue weighted by Gasteiger charge is 2.20. The summed E-state index contributed by atoms with van der Waals surface area (Å²) in [6.45, 7) is 2.90. The van der Waals surface area contributed by atoms with Crippen LogP contribution in [0, 0.1) is 10.1 Å². The van der Waals surface area contributed by atoms with Crippen molar-refractivity contribution in [3.8, 4) is 5.75 Å². The van der Waals surface area contributed by atoms with Crippen molar-refractivity contribution in [2.45, 2.75) is 20.0 Å². The van der Waals surface area contributed by atoms with E-state index in [1.165, 1.54) is 32.0 Å². The monoisotopic (exact) mass is 343 g/mol. The van der Waals surface area contributed by atoms with Gasteiger partial charge in [-0.2, -0.15) is 0 Å². The maximum atomic E-state index is 12.2. The lowest BCUT2D eigenvalue weighted by Crippen LogP contribution is -2.30. The van der Waals surface area contributed by atoms with Gasteiger partial charge in [-0.25, -0.2) is 0 Å². The minimum Gasteiger partial charge on any atom is -0.474 e. The normalized spacial score (nSPS) is 11.3. The van der Waals surface area contributed by atoms with Crippen LogP contribution < -0.4 is 15.4 Å². The van der Waals surface area contributed by atoms with Crippen LogP contribution in [0.4, 0.5) is 17.1 Å². The molecule has 2 rings (SSSR count). The van der Waals surface area contributed by atoms with Crippen LogP contribution in [0.25, 0.3) is 0 Å². The number of nitrogens with zero attached hydrogens (tertiary/aromatic N) is 1. The van der Waals surface area contributed by atoms with Gasteiger partial charge in [0.05, 0.1) is 4.92 Å². The third-order valence-electron chi connectivity index (χ3n) is 3.21. The van der Waals surface area contributed by atoms with E-state index in [9.17, 15) is 19.7 Å². The lowest BCUT2D eigenvalue weighted by atomic mass is 10.2. The average Bonchev–Trinajstić information content (AvgIpc) is 2.56. The van der Waals surface area contributed by atoms with E-state index in [0.29, 0.717) is 11.4 Å². The first-order valence-corrected chi connectivity index (χ1v) is 7.45. The predicted octanol–water partition coefficient (Wildman–Crippen LogP) is 2.96. The molecule has 2 amide bonds. The minimum absolute atomic E-state index is 0.0242. The summed E-state index contributed by atoms with van der Waals surface area (Å²) in [7, 11) is 0. The van der Waals surface area contributed by atoms with Gasteiger partial charge in [0.15, 0.2) is 11.9 Å². The molecule has 2 N–H and O–H groups in total. The summed E-state index contributed by atoms with van der Waals surface area (Å²) in [6.07, 6.45) is -0.934. The number of hydrogen-bond acceptors (Lipinski definition) is 5. The summed E-state index contributed by atoms with van der Waals surface area (Å²) in [6, 6.07) is 12.4. The van der Waals surface area contributed by atoms with Gasteiger partial charge in [-0.05, 0) is 37.3 Å². The van der Waals surface area contributed by atoms with Crippen LogP contribution in [-0.2, 0) is 9.59 Å². The zero-order valence-electron chi connectivity index (χ0n) is 13.7. The fourth-order valence-corrected chi connectivity index (χ4v) is 2.04. The molecule has 0 saturated carbocycles. The predicted molar refractivity (Wildman–Crippen MR) is 92.6 cm³/mol. The van der Waals surface area contributed by atoms with Crippen molar-refractivity contribution >= 4 is 28.9 Å². The van der Waals surface area contributed by atoms with Crippen LogP contribution in [0.1, 0.15) is 13.8 Å². The molecule has 8 nitrogen and oxygen atoms in total. The van der Waals surface area contributed by atoms with E-state index in [2.05, 4.69) is 10.6 Å². The number of benzene rings is 2. The Morgan fingerprint density at radius 1 is 1.04 bits per heavy atom. The van der Waals surface area contributed by atoms with Crippen LogP contribution in [-0.4, -0.2) is 22.8 Å². The largest absolute Gasteiger partial charge is 0.474 e. The number of amides is 2. The number of anilines is 2. The van der Waals surface area contributed by atoms with E-state index in [1.54, 1.807) is 30.3 Å². The van der Waals surface area contributed by atoms with Crippen LogP contribution in [0.3, 0.4) is 0 Å². The number of nitrogens with one attached hydrogen (secondary N) is 2. The topological polar surface area (TPSA) is 111 Å². The number of hydrogen-bond donors (Lipinski definition) is 2. The second-order valence-corrected chi connectivity index (χ2v) is 5.23. The van der Waals surface area contributed by atoms with Crippen LogP contribution in [0.2, 0.25) is 0 Å². The van der Waals surface area contributed by atoms with E-state index >= 15 is 0 Å². The summed E-state index contributed by atoms with van der Waals surface area (Å²) in [5.74, 6) is -0.621. The third-order valence-corrected chi connectivity index (χ3v) is 3.21. The van der Waals surface area contributed by atoms with Gasteiger partial charge in [0.2, 0.25) is 5.91 Å². The number of carbonyl (C=O) groups is 2. The van der Waals surface area contributed by atoms with E-state index < -0.39 is 16.9 Å². The number of rotatable bonds is 6. The fraction of sp³-hybridized carbons (Fsp3) is 0.176. The Morgan fingerprint density at radius 2 is 1.60 bits per heavy atom. The van der Waals surface area contributed by atoms with E-state index in [0.717, 1.165) is 0 Å². The van der Waals surface area contributed by atoms with Gasteiger partial charge in [-0.15, -0.1) is 0 Å². The van der Waals surface area contributed by atoms with Gasteiger partial charge >= 0.3 is 5.69 Å². The van der Waals surface area contributed by atoms with Crippen molar-refractivity contribution < 1.29 is 19.2 Å². The molecule has 0 heterocycles. The quantitative estimate of drug-likeness (QED) is 0.619. The standard InChI is InChI=1S/C17H17N3O5/c1-11(25-16-6-4-3-5-15(16)20(23)24)17(22)19-14-9-7-13(8-10-14)18-12(2)21/h3-11H,1-2H3,(H,18,21)(H,19,22)/t11-/m0/s1. The fourth-order valence-electron chi connectivity index (χ4n) is 2.04. The molecule has 0 aliphatic carbocycles. The molecule has 25 heavy (non-hydrogen) atoms. The van der Waals surface area contributed by atoms with Gasteiger partial charge in [0, 0.05) is 24.4 Å². The highest BCUT2D eigenvalue weighted by Crippen LogP contribution is 2.27. The Bertz CT molecular complexity index is 789. The molecular formula is C17H17N3O5. The first-order valence-electron chi connectivity index (χ1n) is 7.45. The second-order valence-electron chi connectivity index (χ2n) is 5.23. The molecular weight excluding hydrogens is 326 g/mol. The summed E-state index contributed by atoms with van der Waals surface area (Å²) in [5, 5.41) is 16.2. The summed E-state index contributed by atoms with van der Waals surface area (Å²) >= 11 is 0. The highest BCUT2D eigenvalue weighted by molar-refractivity contribution is 5.94. The second kappa shape index (κ2) is 7.91. The number of carbonyl (C=O) groups excluding carboxylic acids is 2. The molecule has 0 aliphatic rings. The molecule has 0 unspecified atom stereocenters. The molecule has 1 atom stereocenters. The van der Waals surface area contributed by atoms with Crippen molar-refractivity contribution in [1.82, 2.24) is 0 Å². The van der Waals surface area contributed by atoms with Gasteiger partial charge in [0.25, 0.3) is 5.91 Å². The maximum Gasteiger partial charge on any atom is 0.310 e. The number of nitro groups is 1. The molecule has 2 aromatic carbocycles. The number of ether oxygens (including phenoxy) is 1. The average molecular weight is 343 g/mol. The Morgan fingerprint density at radius 3 is 2.16 bits per heavy atom. The van der Waals surface area contributed by atoms with Crippen molar-refractivity contribution in [3.05, 3.63) is 58.6 Å². The molecule has 8 heteroatoms. The highest BCUT2D eigenvalue weighted by atomic mass is 16.6. The SMILES string of the molecule is CC(=O)Nc1ccc(NC(=O)[C@H](C)Oc2ccccc2[N+](=O)[O-])cc1. The van der Waals surface area contributed by atoms with Crippen LogP contribution >= 0.6 is 0 Å². The van der Waals surface area contributed by atoms with Crippen molar-refractivity contribution in [1.29, 1.82) is 0 Å². The van der Waals surface area contributed by atoms with Gasteiger partial charge in [-0.1, -0.05) is 12.1 Å². The molecule has 0 aromatic heterocycles. The first kappa shape index (κ1) is 17.9. The summed E-state index contributed by atoms with van der Waals surface area (Å²) in [5.41, 5.74) is 0.911. The zero-order chi connectivity index (χ0) is 18.4. The smallest absolute Gasteiger partial charge is 0.310 e. The van der Waals surface area contributed by atoms with E-state index in [4.69, 9.17) is 4.74 Å². The van der Waals surface area contributed by atoms with Crippen molar-refractivity contribution in [2.24, 2.45) is 0 Å². The lowest BCUT2D eigenvalue weighted by Gasteiger charge is -2.15. The van der Waals surface area contributed by atoms with Gasteiger partial charge in [0.1, 0.15) is 0 Å². The molecule has 2 aromatic rings. The van der Waals surface area contributed by atoms with Crippen molar-refractivity contribution in [3.63, 3.8) is 0 Å². The zero-order valence-corrected chi connectivity index (χ0v) is 13.7. The minimum atomic E-state index is -0.934. The molecule has 0 saturated heterocycles. The van der Waals surface area contributed by atoms with E-state index in [-0.39, 0.29) is 17.3 Å². The van der Waals surface area contributed by atoms with Crippen LogP contribution in [0.5, 0.6) is 5.75 Å². The van der Waals surface area contributed by atoms with Crippen LogP contribution in [0.15, 0.2) is 48.5 Å². The Hall–Kier alpha value is -3.42. The molecule has 0 fully saturated rings. The molecule has 0 radical (unpaired) electrons. The molecule has 0 bridgehead atoms. The molecule has 130 valence electrons. The van der Waals surface area contributed by atoms with Crippen molar-refractivity contribution in [2.75, 3.05) is 10.6 Å². The van der Waals surface area contributed by atoms with E-state index in [1.807, 2.05) is 0 Å². The lowest BCUT2D eigenvalue weighted by molar-refractivity contribution is -0.386. The summed E-state index contributed by atoms with van der Waals surface area (Å²) in [4.78, 5) is 33.6. The van der Waals surface area contributed by atoms with Gasteiger partial charge < -0.3 is 15.4 Å².